The lowest BCUT2D eigenvalue weighted by Gasteiger charge is -2.30. The van der Waals surface area contributed by atoms with Gasteiger partial charge in [0.25, 0.3) is 0 Å². The molecule has 154 valence electrons. The number of para-hydroxylation sites is 1. The van der Waals surface area contributed by atoms with E-state index in [2.05, 4.69) is 31.1 Å². The fourth-order valence-corrected chi connectivity index (χ4v) is 4.15. The minimum atomic E-state index is -0.728. The number of thioether (sulfide) groups is 1. The van der Waals surface area contributed by atoms with Gasteiger partial charge >= 0.3 is 0 Å². The Kier molecular flexibility index (Phi) is 5.92. The fraction of sp³-hybridized carbons (Fsp3) is 0.238. The molecule has 1 amide bonds. The van der Waals surface area contributed by atoms with Gasteiger partial charge in [-0.15, -0.1) is 10.2 Å². The van der Waals surface area contributed by atoms with Gasteiger partial charge in [0, 0.05) is 17.5 Å². The van der Waals surface area contributed by atoms with Crippen LogP contribution in [0.3, 0.4) is 0 Å². The van der Waals surface area contributed by atoms with Crippen LogP contribution >= 0.6 is 27.7 Å². The average molecular weight is 487 g/mol. The maximum Gasteiger partial charge on any atom is 0.247 e. The molecule has 0 N–H and O–H groups in total. The van der Waals surface area contributed by atoms with Crippen molar-refractivity contribution in [2.75, 3.05) is 18.3 Å². The van der Waals surface area contributed by atoms with E-state index in [0.29, 0.717) is 34.6 Å². The molecule has 2 aromatic carbocycles. The van der Waals surface area contributed by atoms with E-state index in [4.69, 9.17) is 9.47 Å². The Hall–Kier alpha value is -2.65. The Morgan fingerprint density at radius 1 is 1.27 bits per heavy atom. The topological polar surface area (TPSA) is 77.4 Å². The van der Waals surface area contributed by atoms with Crippen molar-refractivity contribution in [1.82, 2.24) is 15.2 Å². The molecule has 4 rings (SSSR count). The highest BCUT2D eigenvalue weighted by atomic mass is 79.9. The molecule has 30 heavy (non-hydrogen) atoms. The van der Waals surface area contributed by atoms with Crippen molar-refractivity contribution < 1.29 is 14.3 Å². The van der Waals surface area contributed by atoms with E-state index >= 15 is 0 Å². The standard InChI is InChI=1S/C21H19BrN4O3S/c1-4-17(27)26-15-8-6-5-7-13(15)18-19(23-21(30-3)25-24-18)29-20(26)12-9-10-16(28-2)14(22)11-12/h5-11,20H,4H2,1-3H3/t20-/m0/s1. The van der Waals surface area contributed by atoms with Crippen LogP contribution in [0.1, 0.15) is 25.1 Å². The summed E-state index contributed by atoms with van der Waals surface area (Å²) in [6, 6.07) is 13.2. The molecular weight excluding hydrogens is 468 g/mol. The van der Waals surface area contributed by atoms with Gasteiger partial charge in [0.05, 0.1) is 17.3 Å². The molecule has 0 radical (unpaired) electrons. The van der Waals surface area contributed by atoms with E-state index in [-0.39, 0.29) is 5.91 Å². The van der Waals surface area contributed by atoms with Gasteiger partial charge < -0.3 is 9.47 Å². The monoisotopic (exact) mass is 486 g/mol. The number of anilines is 1. The van der Waals surface area contributed by atoms with Crippen molar-refractivity contribution in [2.24, 2.45) is 0 Å². The molecule has 0 unspecified atom stereocenters. The third-order valence-corrected chi connectivity index (χ3v) is 5.88. The first-order chi connectivity index (χ1) is 14.6. The van der Waals surface area contributed by atoms with Gasteiger partial charge in [-0.25, -0.2) is 0 Å². The summed E-state index contributed by atoms with van der Waals surface area (Å²) in [6.45, 7) is 1.83. The van der Waals surface area contributed by atoms with Crippen molar-refractivity contribution in [2.45, 2.75) is 24.7 Å². The highest BCUT2D eigenvalue weighted by molar-refractivity contribution is 9.10. The van der Waals surface area contributed by atoms with Gasteiger partial charge in [-0.2, -0.15) is 4.98 Å². The van der Waals surface area contributed by atoms with Gasteiger partial charge in [-0.1, -0.05) is 36.9 Å². The number of hydrogen-bond donors (Lipinski definition) is 0. The third kappa shape index (κ3) is 3.63. The normalized spacial score (nSPS) is 14.9. The quantitative estimate of drug-likeness (QED) is 0.486. The van der Waals surface area contributed by atoms with Crippen LogP contribution in [0.15, 0.2) is 52.1 Å². The molecule has 9 heteroatoms. The van der Waals surface area contributed by atoms with Crippen LogP contribution in [0, 0.1) is 0 Å². The van der Waals surface area contributed by atoms with E-state index in [1.807, 2.05) is 55.6 Å². The Balaban J connectivity index is 1.96. The SMILES string of the molecule is CCC(=O)N1c2ccccc2-c2nnc(SC)nc2O[C@H]1c1ccc(OC)c(Br)c1. The van der Waals surface area contributed by atoms with Crippen molar-refractivity contribution in [3.05, 3.63) is 52.5 Å². The van der Waals surface area contributed by atoms with Gasteiger partial charge in [0.2, 0.25) is 23.2 Å². The molecule has 0 fully saturated rings. The highest BCUT2D eigenvalue weighted by Gasteiger charge is 2.35. The van der Waals surface area contributed by atoms with E-state index in [1.165, 1.54) is 11.8 Å². The predicted molar refractivity (Wildman–Crippen MR) is 119 cm³/mol. The first kappa shape index (κ1) is 20.6. The maximum atomic E-state index is 13.1. The minimum absolute atomic E-state index is 0.0785. The number of nitrogens with zero attached hydrogens (tertiary/aromatic N) is 4. The summed E-state index contributed by atoms with van der Waals surface area (Å²) in [5.74, 6) is 0.950. The Bertz CT molecular complexity index is 1110. The number of benzene rings is 2. The van der Waals surface area contributed by atoms with Crippen LogP contribution in [-0.2, 0) is 4.79 Å². The molecule has 1 aliphatic rings. The molecule has 0 aliphatic carbocycles. The van der Waals surface area contributed by atoms with Crippen LogP contribution < -0.4 is 14.4 Å². The molecular formula is C21H19BrN4O3S. The zero-order valence-corrected chi connectivity index (χ0v) is 19.0. The Labute approximate surface area is 186 Å². The third-order valence-electron chi connectivity index (χ3n) is 4.73. The smallest absolute Gasteiger partial charge is 0.247 e. The van der Waals surface area contributed by atoms with Crippen LogP contribution in [0.25, 0.3) is 11.3 Å². The fourth-order valence-electron chi connectivity index (χ4n) is 3.29. The molecule has 0 saturated heterocycles. The number of carbonyl (C=O) groups excluding carboxylic acids is 1. The average Bonchev–Trinajstić information content (AvgIpc) is 2.92. The summed E-state index contributed by atoms with van der Waals surface area (Å²) in [6.07, 6.45) is 1.46. The first-order valence-corrected chi connectivity index (χ1v) is 11.3. The zero-order chi connectivity index (χ0) is 21.3. The first-order valence-electron chi connectivity index (χ1n) is 9.27. The van der Waals surface area contributed by atoms with E-state index in [9.17, 15) is 4.79 Å². The Morgan fingerprint density at radius 2 is 2.07 bits per heavy atom. The van der Waals surface area contributed by atoms with E-state index in [0.717, 1.165) is 15.6 Å². The molecule has 0 spiro atoms. The number of fused-ring (bicyclic) bond motifs is 3. The lowest BCUT2D eigenvalue weighted by Crippen LogP contribution is -2.37. The van der Waals surface area contributed by atoms with Gasteiger partial charge in [-0.05, 0) is 46.5 Å². The largest absolute Gasteiger partial charge is 0.496 e. The molecule has 7 nitrogen and oxygen atoms in total. The highest BCUT2D eigenvalue weighted by Crippen LogP contribution is 2.44. The van der Waals surface area contributed by atoms with Gasteiger partial charge in [0.15, 0.2) is 5.69 Å². The van der Waals surface area contributed by atoms with Crippen LogP contribution in [-0.4, -0.2) is 34.5 Å². The predicted octanol–water partition coefficient (Wildman–Crippen LogP) is 4.87. The van der Waals surface area contributed by atoms with Gasteiger partial charge in [0.1, 0.15) is 5.75 Å². The molecule has 1 aliphatic heterocycles. The van der Waals surface area contributed by atoms with Crippen LogP contribution in [0.5, 0.6) is 11.6 Å². The number of rotatable bonds is 4. The number of aromatic nitrogens is 3. The molecule has 1 atom stereocenters. The summed E-state index contributed by atoms with van der Waals surface area (Å²) in [5.41, 5.74) is 2.73. The minimum Gasteiger partial charge on any atom is -0.496 e. The van der Waals surface area contributed by atoms with Crippen LogP contribution in [0.2, 0.25) is 0 Å². The van der Waals surface area contributed by atoms with Crippen LogP contribution in [0.4, 0.5) is 5.69 Å². The molecule has 1 aromatic heterocycles. The van der Waals surface area contributed by atoms with E-state index in [1.54, 1.807) is 12.0 Å². The summed E-state index contributed by atoms with van der Waals surface area (Å²) >= 11 is 4.90. The van der Waals surface area contributed by atoms with Crippen molar-refractivity contribution in [3.8, 4) is 22.9 Å². The summed E-state index contributed by atoms with van der Waals surface area (Å²) in [4.78, 5) is 19.3. The second-order valence-corrected chi connectivity index (χ2v) is 8.08. The number of hydrogen-bond acceptors (Lipinski definition) is 7. The second-order valence-electron chi connectivity index (χ2n) is 6.45. The summed E-state index contributed by atoms with van der Waals surface area (Å²) in [5, 5.41) is 9.02. The Morgan fingerprint density at radius 3 is 2.77 bits per heavy atom. The summed E-state index contributed by atoms with van der Waals surface area (Å²) in [7, 11) is 1.61. The lowest BCUT2D eigenvalue weighted by atomic mass is 10.1. The molecule has 0 bridgehead atoms. The van der Waals surface area contributed by atoms with Crippen molar-refractivity contribution in [3.63, 3.8) is 0 Å². The number of ether oxygens (including phenoxy) is 2. The van der Waals surface area contributed by atoms with Gasteiger partial charge in [-0.3, -0.25) is 9.69 Å². The molecule has 3 aromatic rings. The van der Waals surface area contributed by atoms with E-state index < -0.39 is 6.23 Å². The lowest BCUT2D eigenvalue weighted by molar-refractivity contribution is -0.120. The van der Waals surface area contributed by atoms with Crippen molar-refractivity contribution >= 4 is 39.3 Å². The zero-order valence-electron chi connectivity index (χ0n) is 16.6. The number of methoxy groups -OCH3 is 1. The van der Waals surface area contributed by atoms with Crippen molar-refractivity contribution in [1.29, 1.82) is 0 Å². The summed E-state index contributed by atoms with van der Waals surface area (Å²) < 4.78 is 12.5. The maximum absolute atomic E-state index is 13.1. The second kappa shape index (κ2) is 8.61. The molecule has 2 heterocycles. The number of amides is 1. The number of carbonyl (C=O) groups is 1. The molecule has 0 saturated carbocycles. The number of halogens is 1.